The predicted octanol–water partition coefficient (Wildman–Crippen LogP) is 3.16. The summed E-state index contributed by atoms with van der Waals surface area (Å²) in [4.78, 5) is 27.4. The first kappa shape index (κ1) is 14.0. The van der Waals surface area contributed by atoms with Crippen molar-refractivity contribution in [3.63, 3.8) is 0 Å². The molecular formula is C19H17NO3. The number of aryl methyl sites for hydroxylation is 1. The first-order chi connectivity index (χ1) is 11.0. The van der Waals surface area contributed by atoms with Gasteiger partial charge in [-0.3, -0.25) is 4.79 Å². The maximum absolute atomic E-state index is 13.3. The van der Waals surface area contributed by atoms with Gasteiger partial charge in [0.25, 0.3) is 5.91 Å². The van der Waals surface area contributed by atoms with E-state index in [9.17, 15) is 9.59 Å². The fourth-order valence-electron chi connectivity index (χ4n) is 3.62. The lowest BCUT2D eigenvalue weighted by atomic mass is 9.86. The number of carbonyl (C=O) groups is 2. The molecule has 4 heteroatoms. The minimum atomic E-state index is -1.33. The van der Waals surface area contributed by atoms with Crippen LogP contribution in [0.15, 0.2) is 42.5 Å². The zero-order valence-corrected chi connectivity index (χ0v) is 13.3. The quantitative estimate of drug-likeness (QED) is 0.760. The van der Waals surface area contributed by atoms with Crippen LogP contribution >= 0.6 is 0 Å². The molecule has 1 spiro atoms. The second-order valence-electron chi connectivity index (χ2n) is 6.41. The van der Waals surface area contributed by atoms with E-state index in [0.717, 1.165) is 16.8 Å². The highest BCUT2D eigenvalue weighted by atomic mass is 16.6. The van der Waals surface area contributed by atoms with Gasteiger partial charge in [0, 0.05) is 17.2 Å². The van der Waals surface area contributed by atoms with Gasteiger partial charge < -0.3 is 9.64 Å². The number of fused-ring (bicyclic) bond motifs is 4. The monoisotopic (exact) mass is 307 g/mol. The number of benzene rings is 2. The topological polar surface area (TPSA) is 46.6 Å². The van der Waals surface area contributed by atoms with Crippen molar-refractivity contribution in [2.45, 2.75) is 32.4 Å². The van der Waals surface area contributed by atoms with Crippen molar-refractivity contribution in [1.82, 2.24) is 0 Å². The minimum absolute atomic E-state index is 0.0187. The molecule has 0 saturated heterocycles. The summed E-state index contributed by atoms with van der Waals surface area (Å²) in [5, 5.41) is 0. The summed E-state index contributed by atoms with van der Waals surface area (Å²) in [6.07, 6.45) is 0. The van der Waals surface area contributed by atoms with Gasteiger partial charge in [0.15, 0.2) is 0 Å². The zero-order valence-electron chi connectivity index (χ0n) is 13.3. The lowest BCUT2D eigenvalue weighted by molar-refractivity contribution is -0.132. The van der Waals surface area contributed by atoms with Crippen molar-refractivity contribution in [2.24, 2.45) is 0 Å². The summed E-state index contributed by atoms with van der Waals surface area (Å²) >= 11 is 0. The fourth-order valence-corrected chi connectivity index (χ4v) is 3.62. The highest BCUT2D eigenvalue weighted by Gasteiger charge is 2.60. The van der Waals surface area contributed by atoms with Gasteiger partial charge in [0.1, 0.15) is 0 Å². The minimum Gasteiger partial charge on any atom is -0.435 e. The molecule has 1 atom stereocenters. The summed E-state index contributed by atoms with van der Waals surface area (Å²) < 4.78 is 5.72. The highest BCUT2D eigenvalue weighted by Crippen LogP contribution is 2.52. The molecule has 0 aromatic heterocycles. The Balaban J connectivity index is 2.07. The van der Waals surface area contributed by atoms with Crippen LogP contribution in [0.1, 0.15) is 40.9 Å². The van der Waals surface area contributed by atoms with Crippen LogP contribution in [-0.2, 0) is 15.1 Å². The van der Waals surface area contributed by atoms with E-state index < -0.39 is 11.6 Å². The Kier molecular flexibility index (Phi) is 2.71. The molecule has 4 rings (SSSR count). The first-order valence-electron chi connectivity index (χ1n) is 7.74. The number of amides is 1. The molecule has 0 aliphatic carbocycles. The largest absolute Gasteiger partial charge is 0.435 e. The van der Waals surface area contributed by atoms with Crippen LogP contribution < -0.4 is 4.90 Å². The molecule has 1 unspecified atom stereocenters. The molecule has 116 valence electrons. The second-order valence-corrected chi connectivity index (χ2v) is 6.41. The number of hydrogen-bond acceptors (Lipinski definition) is 3. The van der Waals surface area contributed by atoms with Crippen molar-refractivity contribution >= 4 is 17.6 Å². The molecular weight excluding hydrogens is 290 g/mol. The van der Waals surface area contributed by atoms with Crippen LogP contribution in [0.4, 0.5) is 5.69 Å². The molecule has 2 aliphatic heterocycles. The smallest absolute Gasteiger partial charge is 0.340 e. The molecule has 1 amide bonds. The van der Waals surface area contributed by atoms with E-state index in [0.29, 0.717) is 11.1 Å². The van der Waals surface area contributed by atoms with Gasteiger partial charge in [0.05, 0.1) is 11.3 Å². The number of rotatable bonds is 1. The number of esters is 1. The Bertz CT molecular complexity index is 855. The predicted molar refractivity (Wildman–Crippen MR) is 86.4 cm³/mol. The number of carbonyl (C=O) groups excluding carboxylic acids is 2. The average molecular weight is 307 g/mol. The van der Waals surface area contributed by atoms with Crippen molar-refractivity contribution in [2.75, 3.05) is 4.90 Å². The summed E-state index contributed by atoms with van der Waals surface area (Å²) in [6.45, 7) is 5.89. The zero-order chi connectivity index (χ0) is 16.4. The lowest BCUT2D eigenvalue weighted by Gasteiger charge is -2.25. The Hall–Kier alpha value is -2.62. The van der Waals surface area contributed by atoms with Gasteiger partial charge in [0.2, 0.25) is 5.60 Å². The molecule has 0 N–H and O–H groups in total. The number of nitrogens with zero attached hydrogens (tertiary/aromatic N) is 1. The molecule has 0 fully saturated rings. The van der Waals surface area contributed by atoms with Gasteiger partial charge in [-0.05, 0) is 39.0 Å². The molecule has 0 bridgehead atoms. The molecule has 2 aromatic rings. The summed E-state index contributed by atoms with van der Waals surface area (Å²) in [5.41, 5.74) is 2.39. The Morgan fingerprint density at radius 1 is 1.04 bits per heavy atom. The number of ether oxygens (including phenoxy) is 1. The highest BCUT2D eigenvalue weighted by molar-refractivity contribution is 6.14. The van der Waals surface area contributed by atoms with E-state index in [4.69, 9.17) is 4.74 Å². The lowest BCUT2D eigenvalue weighted by Crippen LogP contribution is -2.44. The first-order valence-corrected chi connectivity index (χ1v) is 7.74. The normalized spacial score (nSPS) is 21.8. The van der Waals surface area contributed by atoms with Gasteiger partial charge in [-0.1, -0.05) is 29.8 Å². The van der Waals surface area contributed by atoms with E-state index in [2.05, 4.69) is 0 Å². The van der Waals surface area contributed by atoms with Gasteiger partial charge in [-0.2, -0.15) is 0 Å². The average Bonchev–Trinajstić information content (AvgIpc) is 2.95. The number of hydrogen-bond donors (Lipinski definition) is 0. The summed E-state index contributed by atoms with van der Waals surface area (Å²) in [5.74, 6) is -0.626. The summed E-state index contributed by atoms with van der Waals surface area (Å²) in [7, 11) is 0. The summed E-state index contributed by atoms with van der Waals surface area (Å²) in [6, 6.07) is 13.0. The van der Waals surface area contributed by atoms with Gasteiger partial charge >= 0.3 is 5.97 Å². The van der Waals surface area contributed by atoms with Gasteiger partial charge in [-0.25, -0.2) is 4.79 Å². The molecule has 4 nitrogen and oxygen atoms in total. The second kappa shape index (κ2) is 4.44. The maximum Gasteiger partial charge on any atom is 0.340 e. The Morgan fingerprint density at radius 2 is 1.78 bits per heavy atom. The molecule has 2 aliphatic rings. The van der Waals surface area contributed by atoms with Crippen LogP contribution in [0.5, 0.6) is 0 Å². The number of anilines is 1. The molecule has 0 radical (unpaired) electrons. The van der Waals surface area contributed by atoms with Crippen LogP contribution in [0.2, 0.25) is 0 Å². The van der Waals surface area contributed by atoms with Crippen molar-refractivity contribution in [3.05, 3.63) is 64.7 Å². The van der Waals surface area contributed by atoms with E-state index in [-0.39, 0.29) is 11.9 Å². The van der Waals surface area contributed by atoms with Crippen molar-refractivity contribution < 1.29 is 14.3 Å². The van der Waals surface area contributed by atoms with Crippen LogP contribution in [0, 0.1) is 6.92 Å². The van der Waals surface area contributed by atoms with Crippen LogP contribution in [-0.4, -0.2) is 17.9 Å². The Morgan fingerprint density at radius 3 is 2.52 bits per heavy atom. The fraction of sp³-hybridized carbons (Fsp3) is 0.263. The van der Waals surface area contributed by atoms with E-state index >= 15 is 0 Å². The molecule has 2 aromatic carbocycles. The van der Waals surface area contributed by atoms with Crippen LogP contribution in [0.3, 0.4) is 0 Å². The van der Waals surface area contributed by atoms with Crippen molar-refractivity contribution in [1.29, 1.82) is 0 Å². The van der Waals surface area contributed by atoms with Crippen molar-refractivity contribution in [3.8, 4) is 0 Å². The van der Waals surface area contributed by atoms with E-state index in [1.54, 1.807) is 17.0 Å². The third-order valence-corrected chi connectivity index (χ3v) is 4.60. The SMILES string of the molecule is Cc1ccc2c(c1)C1(OC(=O)c3ccccc31)C(=O)N2C(C)C. The van der Waals surface area contributed by atoms with Gasteiger partial charge in [-0.15, -0.1) is 0 Å². The maximum atomic E-state index is 13.3. The van der Waals surface area contributed by atoms with Crippen LogP contribution in [0.25, 0.3) is 0 Å². The molecule has 2 heterocycles. The molecule has 0 saturated carbocycles. The van der Waals surface area contributed by atoms with E-state index in [1.807, 2.05) is 51.1 Å². The molecule has 23 heavy (non-hydrogen) atoms. The van der Waals surface area contributed by atoms with E-state index in [1.165, 1.54) is 0 Å². The third kappa shape index (κ3) is 1.61. The Labute approximate surface area is 134 Å². The standard InChI is InChI=1S/C19H17NO3/c1-11(2)20-16-9-8-12(3)10-15(16)19(18(20)22)14-7-5-4-6-13(14)17(21)23-19/h4-11H,1-3H3. The third-order valence-electron chi connectivity index (χ3n) is 4.60.